The fourth-order valence-corrected chi connectivity index (χ4v) is 3.64. The highest BCUT2D eigenvalue weighted by molar-refractivity contribution is 14.0. The molecule has 1 saturated carbocycles. The van der Waals surface area contributed by atoms with Gasteiger partial charge in [0.1, 0.15) is 0 Å². The van der Waals surface area contributed by atoms with Crippen LogP contribution in [0.25, 0.3) is 0 Å². The number of halogens is 2. The van der Waals surface area contributed by atoms with Gasteiger partial charge < -0.3 is 15.7 Å². The van der Waals surface area contributed by atoms with E-state index < -0.39 is 0 Å². The van der Waals surface area contributed by atoms with Gasteiger partial charge >= 0.3 is 0 Å². The van der Waals surface area contributed by atoms with Gasteiger partial charge in [0.2, 0.25) is 0 Å². The molecule has 1 aliphatic carbocycles. The number of aliphatic imine (C=N–C) groups is 1. The third-order valence-corrected chi connectivity index (χ3v) is 5.61. The van der Waals surface area contributed by atoms with Gasteiger partial charge in [-0.25, -0.2) is 0 Å². The third kappa shape index (κ3) is 5.93. The number of aliphatic hydroxyl groups excluding tert-OH is 1. The second-order valence-corrected chi connectivity index (χ2v) is 7.80. The van der Waals surface area contributed by atoms with Crippen LogP contribution in [0.1, 0.15) is 29.9 Å². The summed E-state index contributed by atoms with van der Waals surface area (Å²) >= 11 is 3.57. The van der Waals surface area contributed by atoms with Crippen LogP contribution in [0.5, 0.6) is 0 Å². The lowest BCUT2D eigenvalue weighted by atomic mass is 9.96. The Morgan fingerprint density at radius 1 is 1.15 bits per heavy atom. The highest BCUT2D eigenvalue weighted by atomic mass is 127. The average Bonchev–Trinajstić information content (AvgIpc) is 3.47. The van der Waals surface area contributed by atoms with Crippen molar-refractivity contribution in [1.29, 1.82) is 0 Å². The molecule has 1 aliphatic rings. The van der Waals surface area contributed by atoms with Crippen LogP contribution in [0, 0.1) is 0 Å². The summed E-state index contributed by atoms with van der Waals surface area (Å²) in [5.41, 5.74) is 2.70. The predicted molar refractivity (Wildman–Crippen MR) is 126 cm³/mol. The number of nitrogens with one attached hydrogen (secondary N) is 2. The number of nitrogens with zero attached hydrogens (tertiary/aromatic N) is 1. The Labute approximate surface area is 187 Å². The van der Waals surface area contributed by atoms with Crippen molar-refractivity contribution in [3.63, 3.8) is 0 Å². The summed E-state index contributed by atoms with van der Waals surface area (Å²) in [5.74, 6) is 0.829. The first-order valence-electron chi connectivity index (χ1n) is 9.03. The lowest BCUT2D eigenvalue weighted by Gasteiger charge is -2.21. The van der Waals surface area contributed by atoms with E-state index in [-0.39, 0.29) is 41.9 Å². The van der Waals surface area contributed by atoms with Crippen LogP contribution in [0.2, 0.25) is 0 Å². The second-order valence-electron chi connectivity index (χ2n) is 6.89. The molecular weight excluding hydrogens is 517 g/mol. The summed E-state index contributed by atoms with van der Waals surface area (Å²) < 4.78 is 1.12. The van der Waals surface area contributed by atoms with Gasteiger partial charge in [0, 0.05) is 35.9 Å². The van der Waals surface area contributed by atoms with E-state index in [0.717, 1.165) is 22.5 Å². The predicted octanol–water partition coefficient (Wildman–Crippen LogP) is 4.04. The first kappa shape index (κ1) is 22.2. The summed E-state index contributed by atoms with van der Waals surface area (Å²) in [7, 11) is 1.78. The van der Waals surface area contributed by atoms with Crippen LogP contribution in [0.15, 0.2) is 64.1 Å². The standard InChI is InChI=1S/C21H26BrN3O.HI/c1-23-20(24-13-17(14-26)16-6-3-2-4-7-16)25-15-21(10-11-21)18-8-5-9-19(22)12-18;/h2-9,12,17,26H,10-11,13-15H2,1H3,(H2,23,24,25);1H. The number of benzene rings is 2. The Kier molecular flexibility index (Phi) is 8.57. The summed E-state index contributed by atoms with van der Waals surface area (Å²) in [5, 5.41) is 16.5. The Hall–Kier alpha value is -1.12. The summed E-state index contributed by atoms with van der Waals surface area (Å²) in [6, 6.07) is 18.7. The van der Waals surface area contributed by atoms with Gasteiger partial charge in [-0.2, -0.15) is 0 Å². The molecule has 1 atom stereocenters. The zero-order chi connectivity index (χ0) is 18.4. The lowest BCUT2D eigenvalue weighted by molar-refractivity contribution is 0.265. The van der Waals surface area contributed by atoms with Crippen molar-refractivity contribution in [3.05, 3.63) is 70.2 Å². The van der Waals surface area contributed by atoms with E-state index in [2.05, 4.69) is 55.8 Å². The number of aliphatic hydroxyl groups is 1. The molecule has 3 N–H and O–H groups in total. The molecule has 6 heteroatoms. The largest absolute Gasteiger partial charge is 0.396 e. The number of hydrogen-bond acceptors (Lipinski definition) is 2. The van der Waals surface area contributed by atoms with Crippen LogP contribution in [-0.2, 0) is 5.41 Å². The van der Waals surface area contributed by atoms with Crippen molar-refractivity contribution in [1.82, 2.24) is 10.6 Å². The van der Waals surface area contributed by atoms with E-state index in [1.807, 2.05) is 30.3 Å². The summed E-state index contributed by atoms with van der Waals surface area (Å²) in [4.78, 5) is 4.33. The first-order valence-corrected chi connectivity index (χ1v) is 9.82. The van der Waals surface area contributed by atoms with E-state index in [0.29, 0.717) is 6.54 Å². The van der Waals surface area contributed by atoms with E-state index >= 15 is 0 Å². The van der Waals surface area contributed by atoms with Crippen LogP contribution >= 0.6 is 39.9 Å². The molecule has 1 fully saturated rings. The maximum Gasteiger partial charge on any atom is 0.191 e. The zero-order valence-corrected chi connectivity index (χ0v) is 19.4. The Balaban J connectivity index is 0.00000261. The minimum atomic E-state index is 0. The van der Waals surface area contributed by atoms with Gasteiger partial charge in [0.15, 0.2) is 5.96 Å². The van der Waals surface area contributed by atoms with Crippen molar-refractivity contribution in [2.45, 2.75) is 24.2 Å². The molecule has 0 aromatic heterocycles. The number of hydrogen-bond donors (Lipinski definition) is 3. The molecule has 0 aliphatic heterocycles. The highest BCUT2D eigenvalue weighted by Crippen LogP contribution is 2.48. The second kappa shape index (κ2) is 10.4. The van der Waals surface area contributed by atoms with E-state index in [9.17, 15) is 5.11 Å². The molecule has 0 bridgehead atoms. The number of guanidine groups is 1. The highest BCUT2D eigenvalue weighted by Gasteiger charge is 2.44. The summed E-state index contributed by atoms with van der Waals surface area (Å²) in [6.07, 6.45) is 2.38. The Morgan fingerprint density at radius 3 is 2.48 bits per heavy atom. The molecule has 0 radical (unpaired) electrons. The molecule has 3 rings (SSSR count). The van der Waals surface area contributed by atoms with Crippen LogP contribution in [-0.4, -0.2) is 37.8 Å². The van der Waals surface area contributed by atoms with Gasteiger partial charge in [-0.1, -0.05) is 58.4 Å². The lowest BCUT2D eigenvalue weighted by Crippen LogP contribution is -2.43. The molecule has 1 unspecified atom stereocenters. The quantitative estimate of drug-likeness (QED) is 0.281. The molecule has 0 heterocycles. The maximum absolute atomic E-state index is 9.70. The zero-order valence-electron chi connectivity index (χ0n) is 15.5. The van der Waals surface area contributed by atoms with Gasteiger partial charge in [-0.3, -0.25) is 4.99 Å². The fourth-order valence-electron chi connectivity index (χ4n) is 3.24. The Morgan fingerprint density at radius 2 is 1.89 bits per heavy atom. The van der Waals surface area contributed by atoms with Gasteiger partial charge in [0.05, 0.1) is 6.61 Å². The van der Waals surface area contributed by atoms with Crippen molar-refractivity contribution < 1.29 is 5.11 Å². The van der Waals surface area contributed by atoms with Crippen molar-refractivity contribution >= 4 is 45.9 Å². The monoisotopic (exact) mass is 543 g/mol. The molecule has 4 nitrogen and oxygen atoms in total. The first-order chi connectivity index (χ1) is 12.7. The molecule has 0 amide bonds. The van der Waals surface area contributed by atoms with Gasteiger partial charge in [-0.05, 0) is 36.1 Å². The van der Waals surface area contributed by atoms with Crippen molar-refractivity contribution in [2.24, 2.45) is 4.99 Å². The molecule has 146 valence electrons. The van der Waals surface area contributed by atoms with Crippen molar-refractivity contribution in [3.8, 4) is 0 Å². The molecule has 0 spiro atoms. The molecule has 27 heavy (non-hydrogen) atoms. The summed E-state index contributed by atoms with van der Waals surface area (Å²) in [6.45, 7) is 1.61. The minimum absolute atomic E-state index is 0. The average molecular weight is 544 g/mol. The van der Waals surface area contributed by atoms with Gasteiger partial charge in [0.25, 0.3) is 0 Å². The van der Waals surface area contributed by atoms with Crippen LogP contribution < -0.4 is 10.6 Å². The van der Waals surface area contributed by atoms with Gasteiger partial charge in [-0.15, -0.1) is 24.0 Å². The van der Waals surface area contributed by atoms with Crippen LogP contribution in [0.3, 0.4) is 0 Å². The fraction of sp³-hybridized carbons (Fsp3) is 0.381. The molecule has 2 aromatic carbocycles. The third-order valence-electron chi connectivity index (χ3n) is 5.12. The van der Waals surface area contributed by atoms with E-state index in [1.54, 1.807) is 7.05 Å². The smallest absolute Gasteiger partial charge is 0.191 e. The minimum Gasteiger partial charge on any atom is -0.396 e. The van der Waals surface area contributed by atoms with E-state index in [1.165, 1.54) is 18.4 Å². The maximum atomic E-state index is 9.70. The topological polar surface area (TPSA) is 56.7 Å². The van der Waals surface area contributed by atoms with Crippen molar-refractivity contribution in [2.75, 3.05) is 26.7 Å². The molecule has 2 aromatic rings. The van der Waals surface area contributed by atoms with E-state index in [4.69, 9.17) is 0 Å². The Bertz CT molecular complexity index is 750. The number of rotatable bonds is 7. The SMILES string of the molecule is CN=C(NCC(CO)c1ccccc1)NCC1(c2cccc(Br)c2)CC1.I. The van der Waals surface area contributed by atoms with Crippen LogP contribution in [0.4, 0.5) is 0 Å². The molecule has 0 saturated heterocycles. The molecular formula is C21H27BrIN3O. The normalized spacial score (nSPS) is 16.2.